The Balaban J connectivity index is 1.81. The van der Waals surface area contributed by atoms with Crippen molar-refractivity contribution in [2.24, 2.45) is 0 Å². The fraction of sp³-hybridized carbons (Fsp3) is 1.00. The summed E-state index contributed by atoms with van der Waals surface area (Å²) in [6.07, 6.45) is 1.59. The molecule has 0 N–H and O–H groups in total. The van der Waals surface area contributed by atoms with Crippen LogP contribution in [0.5, 0.6) is 0 Å². The van der Waals surface area contributed by atoms with E-state index >= 15 is 0 Å². The van der Waals surface area contributed by atoms with Gasteiger partial charge in [-0.05, 0) is 6.42 Å². The molecule has 0 spiro atoms. The van der Waals surface area contributed by atoms with E-state index in [0.29, 0.717) is 12.1 Å². The zero-order valence-electron chi connectivity index (χ0n) is 7.66. The molecule has 0 radical (unpaired) electrons. The topological polar surface area (TPSA) is 21.7 Å². The largest absolute Gasteiger partial charge is 0.378 e. The predicted octanol–water partition coefficient (Wildman–Crippen LogP) is 0.496. The quantitative estimate of drug-likeness (QED) is 0.604. The van der Waals surface area contributed by atoms with Crippen LogP contribution in [0.25, 0.3) is 0 Å². The normalized spacial score (nSPS) is 33.2. The van der Waals surface area contributed by atoms with Crippen LogP contribution in [0, 0.1) is 0 Å². The van der Waals surface area contributed by atoms with Crippen molar-refractivity contribution in [3.63, 3.8) is 0 Å². The highest BCUT2D eigenvalue weighted by Crippen LogP contribution is 2.15. The van der Waals surface area contributed by atoms with E-state index in [1.54, 1.807) is 0 Å². The summed E-state index contributed by atoms with van der Waals surface area (Å²) in [5.74, 6) is 0. The van der Waals surface area contributed by atoms with Crippen LogP contribution in [0.15, 0.2) is 0 Å². The lowest BCUT2D eigenvalue weighted by Gasteiger charge is -2.41. The van der Waals surface area contributed by atoms with E-state index in [1.807, 2.05) is 0 Å². The lowest BCUT2D eigenvalue weighted by Crippen LogP contribution is -2.55. The predicted molar refractivity (Wildman–Crippen MR) is 46.2 cm³/mol. The number of hydrogen-bond acceptors (Lipinski definition) is 3. The molecule has 70 valence electrons. The molecule has 0 bridgehead atoms. The van der Waals surface area contributed by atoms with Gasteiger partial charge in [0, 0.05) is 13.1 Å². The van der Waals surface area contributed by atoms with Crippen molar-refractivity contribution in [1.82, 2.24) is 4.90 Å². The first-order chi connectivity index (χ1) is 5.90. The molecule has 0 saturated carbocycles. The first kappa shape index (κ1) is 8.48. The zero-order chi connectivity index (χ0) is 8.39. The van der Waals surface area contributed by atoms with Gasteiger partial charge in [-0.25, -0.2) is 0 Å². The van der Waals surface area contributed by atoms with Crippen LogP contribution in [-0.2, 0) is 9.47 Å². The third-order valence-corrected chi connectivity index (χ3v) is 2.76. The first-order valence-electron chi connectivity index (χ1n) is 4.83. The van der Waals surface area contributed by atoms with Crippen molar-refractivity contribution in [3.05, 3.63) is 0 Å². The second-order valence-corrected chi connectivity index (χ2v) is 3.59. The van der Waals surface area contributed by atoms with E-state index in [2.05, 4.69) is 11.8 Å². The number of rotatable bonds is 2. The maximum Gasteiger partial charge on any atom is 0.0700 e. The van der Waals surface area contributed by atoms with Gasteiger partial charge in [0.2, 0.25) is 0 Å². The Labute approximate surface area is 73.6 Å². The SMILES string of the molecule is CCC1CN(C2COC2)CCO1. The maximum absolute atomic E-state index is 5.59. The van der Waals surface area contributed by atoms with E-state index in [-0.39, 0.29) is 0 Å². The van der Waals surface area contributed by atoms with E-state index in [4.69, 9.17) is 9.47 Å². The lowest BCUT2D eigenvalue weighted by atomic mass is 10.1. The van der Waals surface area contributed by atoms with Gasteiger partial charge in [-0.3, -0.25) is 4.90 Å². The third-order valence-electron chi connectivity index (χ3n) is 2.76. The molecule has 2 aliphatic heterocycles. The summed E-state index contributed by atoms with van der Waals surface area (Å²) in [5, 5.41) is 0. The molecule has 0 aromatic rings. The summed E-state index contributed by atoms with van der Waals surface area (Å²) in [4.78, 5) is 2.50. The number of nitrogens with zero attached hydrogens (tertiary/aromatic N) is 1. The molecule has 2 aliphatic rings. The second kappa shape index (κ2) is 3.73. The highest BCUT2D eigenvalue weighted by molar-refractivity contribution is 4.81. The van der Waals surface area contributed by atoms with E-state index < -0.39 is 0 Å². The van der Waals surface area contributed by atoms with Crippen molar-refractivity contribution in [2.75, 3.05) is 32.9 Å². The van der Waals surface area contributed by atoms with Gasteiger partial charge in [-0.15, -0.1) is 0 Å². The van der Waals surface area contributed by atoms with Gasteiger partial charge in [0.05, 0.1) is 32.0 Å². The van der Waals surface area contributed by atoms with Crippen LogP contribution >= 0.6 is 0 Å². The van der Waals surface area contributed by atoms with Crippen LogP contribution in [0.3, 0.4) is 0 Å². The van der Waals surface area contributed by atoms with Crippen molar-refractivity contribution in [3.8, 4) is 0 Å². The molecule has 2 fully saturated rings. The Morgan fingerprint density at radius 3 is 2.83 bits per heavy atom. The van der Waals surface area contributed by atoms with E-state index in [9.17, 15) is 0 Å². The summed E-state index contributed by atoms with van der Waals surface area (Å²) in [5.41, 5.74) is 0. The standard InChI is InChI=1S/C9H17NO2/c1-2-9-5-10(3-4-12-9)8-6-11-7-8/h8-9H,2-7H2,1H3. The highest BCUT2D eigenvalue weighted by atomic mass is 16.5. The Kier molecular flexibility index (Phi) is 2.63. The van der Waals surface area contributed by atoms with E-state index in [0.717, 1.165) is 39.3 Å². The molecule has 0 aliphatic carbocycles. The summed E-state index contributed by atoms with van der Waals surface area (Å²) in [6.45, 7) is 7.13. The number of morpholine rings is 1. The fourth-order valence-electron chi connectivity index (χ4n) is 1.75. The molecular formula is C9H17NO2. The monoisotopic (exact) mass is 171 g/mol. The Morgan fingerprint density at radius 1 is 1.42 bits per heavy atom. The zero-order valence-corrected chi connectivity index (χ0v) is 7.66. The lowest BCUT2D eigenvalue weighted by molar-refractivity contribution is -0.114. The third kappa shape index (κ3) is 1.63. The average molecular weight is 171 g/mol. The van der Waals surface area contributed by atoms with Gasteiger partial charge in [-0.2, -0.15) is 0 Å². The summed E-state index contributed by atoms with van der Waals surface area (Å²) < 4.78 is 10.8. The minimum absolute atomic E-state index is 0.458. The molecule has 2 rings (SSSR count). The average Bonchev–Trinajstić information content (AvgIpc) is 2.02. The van der Waals surface area contributed by atoms with Gasteiger partial charge in [0.1, 0.15) is 0 Å². The van der Waals surface area contributed by atoms with Gasteiger partial charge >= 0.3 is 0 Å². The molecule has 0 aromatic heterocycles. The van der Waals surface area contributed by atoms with Crippen LogP contribution in [0.1, 0.15) is 13.3 Å². The van der Waals surface area contributed by atoms with Crippen molar-refractivity contribution >= 4 is 0 Å². The van der Waals surface area contributed by atoms with Crippen LogP contribution in [0.4, 0.5) is 0 Å². The van der Waals surface area contributed by atoms with Crippen LogP contribution in [0.2, 0.25) is 0 Å². The summed E-state index contributed by atoms with van der Waals surface area (Å²) in [7, 11) is 0. The maximum atomic E-state index is 5.59. The van der Waals surface area contributed by atoms with Gasteiger partial charge in [0.15, 0.2) is 0 Å². The van der Waals surface area contributed by atoms with Crippen molar-refractivity contribution < 1.29 is 9.47 Å². The Bertz CT molecular complexity index is 147. The molecule has 3 nitrogen and oxygen atoms in total. The van der Waals surface area contributed by atoms with Gasteiger partial charge < -0.3 is 9.47 Å². The molecular weight excluding hydrogens is 154 g/mol. The first-order valence-corrected chi connectivity index (χ1v) is 4.83. The van der Waals surface area contributed by atoms with E-state index in [1.165, 1.54) is 0 Å². The van der Waals surface area contributed by atoms with Crippen LogP contribution in [-0.4, -0.2) is 50.0 Å². The Morgan fingerprint density at radius 2 is 2.25 bits per heavy atom. The highest BCUT2D eigenvalue weighted by Gasteiger charge is 2.29. The fourth-order valence-corrected chi connectivity index (χ4v) is 1.75. The van der Waals surface area contributed by atoms with Crippen LogP contribution < -0.4 is 0 Å². The van der Waals surface area contributed by atoms with Crippen molar-refractivity contribution in [2.45, 2.75) is 25.5 Å². The molecule has 0 amide bonds. The molecule has 1 atom stereocenters. The minimum atomic E-state index is 0.458. The molecule has 2 saturated heterocycles. The van der Waals surface area contributed by atoms with Crippen molar-refractivity contribution in [1.29, 1.82) is 0 Å². The van der Waals surface area contributed by atoms with Gasteiger partial charge in [0.25, 0.3) is 0 Å². The minimum Gasteiger partial charge on any atom is -0.378 e. The molecule has 12 heavy (non-hydrogen) atoms. The second-order valence-electron chi connectivity index (χ2n) is 3.59. The van der Waals surface area contributed by atoms with Gasteiger partial charge in [-0.1, -0.05) is 6.92 Å². The molecule has 0 aromatic carbocycles. The number of hydrogen-bond donors (Lipinski definition) is 0. The summed E-state index contributed by atoms with van der Waals surface area (Å²) >= 11 is 0. The molecule has 1 unspecified atom stereocenters. The molecule has 3 heteroatoms. The Hall–Kier alpha value is -0.120. The molecule has 2 heterocycles. The number of ether oxygens (including phenoxy) is 2. The smallest absolute Gasteiger partial charge is 0.0700 e. The summed E-state index contributed by atoms with van der Waals surface area (Å²) in [6, 6.07) is 0.683.